The van der Waals surface area contributed by atoms with Crippen LogP contribution in [0.3, 0.4) is 0 Å². The Morgan fingerprint density at radius 1 is 0.769 bits per heavy atom. The van der Waals surface area contributed by atoms with Gasteiger partial charge in [0.25, 0.3) is 35.4 Å². The van der Waals surface area contributed by atoms with Crippen molar-refractivity contribution < 1.29 is 62.2 Å². The lowest BCUT2D eigenvalue weighted by Crippen LogP contribution is -2.46. The van der Waals surface area contributed by atoms with Crippen LogP contribution in [0.25, 0.3) is 0 Å². The fraction of sp³-hybridized carbons (Fsp3) is 0.467. The third-order valence-corrected chi connectivity index (χ3v) is 10.6. The zero-order valence-corrected chi connectivity index (χ0v) is 37.6. The first kappa shape index (κ1) is 50.8. The largest absolute Gasteiger partial charge is 0.491 e. The van der Waals surface area contributed by atoms with Crippen molar-refractivity contribution in [1.82, 2.24) is 34.6 Å². The van der Waals surface area contributed by atoms with Crippen LogP contribution in [0.2, 0.25) is 0 Å². The molecular weight excluding hydrogens is 847 g/mol. The zero-order valence-electron chi connectivity index (χ0n) is 37.6. The first-order chi connectivity index (χ1) is 30.9. The number of Topliss-reactive ketones (excluding diaryl/α,β-unsaturated/α-hetero) is 3. The minimum absolute atomic E-state index is 0.0392. The van der Waals surface area contributed by atoms with E-state index >= 15 is 0 Å². The Bertz CT molecular complexity index is 2210. The van der Waals surface area contributed by atoms with Gasteiger partial charge in [0.05, 0.1) is 38.1 Å². The van der Waals surface area contributed by atoms with Gasteiger partial charge in [-0.25, -0.2) is 0 Å². The maximum absolute atomic E-state index is 12.3. The van der Waals surface area contributed by atoms with Crippen LogP contribution in [0.1, 0.15) is 63.8 Å². The summed E-state index contributed by atoms with van der Waals surface area (Å²) in [5.74, 6) is -2.60. The molecule has 0 spiro atoms. The lowest BCUT2D eigenvalue weighted by Gasteiger charge is -2.24. The van der Waals surface area contributed by atoms with Gasteiger partial charge in [0.15, 0.2) is 5.78 Å². The molecule has 1 fully saturated rings. The number of hydrogen-bond acceptors (Lipinski definition) is 15. The molecule has 20 nitrogen and oxygen atoms in total. The topological polar surface area (TPSA) is 242 Å². The molecule has 4 unspecified atom stereocenters. The molecule has 7 amide bonds. The molecule has 5 heterocycles. The molecular formula is C45H55N7O13. The number of imide groups is 3. The number of aromatic nitrogens is 3. The summed E-state index contributed by atoms with van der Waals surface area (Å²) in [6.45, 7) is 10.0. The number of carbonyl (C=O) groups is 10. The molecule has 0 saturated carbocycles. The van der Waals surface area contributed by atoms with Crippen LogP contribution in [0.5, 0.6) is 5.75 Å². The molecule has 1 saturated heterocycles. The normalized spacial score (nSPS) is 18.7. The SMILES string of the molecule is CC(=O)CC(Cc1cn(C)nn1)N1C(=O)C=CC1=O.CCC1CC(N2C(=O)C=CC2=O)C(=O)N1CC(C)=O.COCCOCCOc1ccc(CC(C(C)=O)N2C(=O)C=CC2=O)cc1C. The minimum atomic E-state index is -0.805. The Morgan fingerprint density at radius 3 is 1.86 bits per heavy atom. The van der Waals surface area contributed by atoms with Gasteiger partial charge >= 0.3 is 0 Å². The van der Waals surface area contributed by atoms with Crippen LogP contribution in [-0.2, 0) is 77.3 Å². The monoisotopic (exact) mass is 901 g/mol. The molecule has 4 aliphatic rings. The molecule has 65 heavy (non-hydrogen) atoms. The van der Waals surface area contributed by atoms with E-state index in [-0.39, 0.29) is 60.5 Å². The number of aryl methyl sites for hydroxylation is 2. The van der Waals surface area contributed by atoms with E-state index in [4.69, 9.17) is 14.2 Å². The first-order valence-electron chi connectivity index (χ1n) is 21.0. The number of benzene rings is 1. The van der Waals surface area contributed by atoms with Crippen LogP contribution in [0.4, 0.5) is 0 Å². The third-order valence-electron chi connectivity index (χ3n) is 10.6. The van der Waals surface area contributed by atoms with Gasteiger partial charge in [-0.05, 0) is 57.7 Å². The van der Waals surface area contributed by atoms with E-state index in [0.29, 0.717) is 51.4 Å². The van der Waals surface area contributed by atoms with Crippen LogP contribution in [0.15, 0.2) is 60.9 Å². The summed E-state index contributed by atoms with van der Waals surface area (Å²) >= 11 is 0. The zero-order chi connectivity index (χ0) is 48.0. The number of likely N-dealkylation sites (tertiary alicyclic amines) is 1. The van der Waals surface area contributed by atoms with Crippen molar-refractivity contribution >= 4 is 58.7 Å². The number of rotatable bonds is 20. The number of ketones is 3. The van der Waals surface area contributed by atoms with Crippen molar-refractivity contribution in [2.45, 2.75) is 90.9 Å². The highest BCUT2D eigenvalue weighted by molar-refractivity contribution is 6.16. The standard InChI is InChI=1S/C20H25NO6.C13H16N2O4.C12H14N4O3/c1-14-12-16(4-5-18(14)27-11-10-26-9-8-25-3)13-17(15(2)22)21-19(23)6-7-20(21)24;1-3-9-6-10(13(19)14(9)7-8(2)16)15-11(17)4-5-12(15)18;1-8(17)5-10(6-9-7-15(2)14-13-9)16-11(18)3-4-12(16)19/h4-7,12,17H,8-11,13H2,1-3H3;4-5,9-10H,3,6-7H2,1-2H3;3-4,7,10H,5-6H2,1-2H3. The molecule has 4 atom stereocenters. The van der Waals surface area contributed by atoms with E-state index in [1.165, 1.54) is 66.8 Å². The molecule has 1 aromatic carbocycles. The Balaban J connectivity index is 0.000000218. The fourth-order valence-corrected chi connectivity index (χ4v) is 7.53. The molecule has 20 heteroatoms. The molecule has 0 bridgehead atoms. The van der Waals surface area contributed by atoms with Crippen molar-refractivity contribution in [1.29, 1.82) is 0 Å². The first-order valence-corrected chi connectivity index (χ1v) is 21.0. The highest BCUT2D eigenvalue weighted by Gasteiger charge is 2.46. The van der Waals surface area contributed by atoms with Crippen LogP contribution >= 0.6 is 0 Å². The molecule has 1 aromatic heterocycles. The van der Waals surface area contributed by atoms with Crippen LogP contribution in [-0.4, -0.2) is 158 Å². The summed E-state index contributed by atoms with van der Waals surface area (Å²) in [6, 6.07) is 3.38. The number of nitrogens with zero attached hydrogens (tertiary/aromatic N) is 7. The average Bonchev–Trinajstić information content (AvgIpc) is 4.05. The van der Waals surface area contributed by atoms with Crippen molar-refractivity contribution in [2.75, 3.05) is 40.1 Å². The summed E-state index contributed by atoms with van der Waals surface area (Å²) in [6.07, 6.45) is 10.7. The van der Waals surface area contributed by atoms with E-state index in [1.807, 2.05) is 32.0 Å². The van der Waals surface area contributed by atoms with Crippen LogP contribution in [0, 0.1) is 6.92 Å². The second-order valence-electron chi connectivity index (χ2n) is 15.7. The maximum atomic E-state index is 12.3. The summed E-state index contributed by atoms with van der Waals surface area (Å²) in [5, 5.41) is 7.71. The molecule has 348 valence electrons. The van der Waals surface area contributed by atoms with Crippen molar-refractivity contribution in [3.8, 4) is 5.75 Å². The lowest BCUT2D eigenvalue weighted by atomic mass is 10.00. The average molecular weight is 902 g/mol. The van der Waals surface area contributed by atoms with Crippen molar-refractivity contribution in [3.63, 3.8) is 0 Å². The number of carbonyl (C=O) groups excluding carboxylic acids is 10. The third kappa shape index (κ3) is 13.8. The van der Waals surface area contributed by atoms with Gasteiger partial charge in [-0.3, -0.25) is 67.3 Å². The van der Waals surface area contributed by atoms with Crippen LogP contribution < -0.4 is 4.74 Å². The summed E-state index contributed by atoms with van der Waals surface area (Å²) in [7, 11) is 3.34. The number of methoxy groups -OCH3 is 1. The van der Waals surface area contributed by atoms with Gasteiger partial charge < -0.3 is 19.1 Å². The van der Waals surface area contributed by atoms with E-state index in [9.17, 15) is 47.9 Å². The lowest BCUT2D eigenvalue weighted by molar-refractivity contribution is -0.147. The van der Waals surface area contributed by atoms with Crippen molar-refractivity contribution in [2.24, 2.45) is 7.05 Å². The van der Waals surface area contributed by atoms with E-state index in [0.717, 1.165) is 31.6 Å². The van der Waals surface area contributed by atoms with Gasteiger partial charge in [0, 0.05) is 82.1 Å². The highest BCUT2D eigenvalue weighted by atomic mass is 16.5. The Morgan fingerprint density at radius 2 is 1.35 bits per heavy atom. The Hall–Kier alpha value is -6.80. The van der Waals surface area contributed by atoms with Gasteiger partial charge in [-0.15, -0.1) is 5.10 Å². The van der Waals surface area contributed by atoms with Crippen molar-refractivity contribution in [3.05, 3.63) is 77.7 Å². The molecule has 0 N–H and O–H groups in total. The predicted octanol–water partition coefficient (Wildman–Crippen LogP) is 0.972. The van der Waals surface area contributed by atoms with Gasteiger partial charge in [-0.2, -0.15) is 0 Å². The van der Waals surface area contributed by atoms with E-state index in [2.05, 4.69) is 10.3 Å². The summed E-state index contributed by atoms with van der Waals surface area (Å²) < 4.78 is 17.5. The Kier molecular flexibility index (Phi) is 18.6. The van der Waals surface area contributed by atoms with E-state index < -0.39 is 41.8 Å². The minimum Gasteiger partial charge on any atom is -0.491 e. The smallest absolute Gasteiger partial charge is 0.254 e. The second kappa shape index (κ2) is 23.8. The highest BCUT2D eigenvalue weighted by Crippen LogP contribution is 2.28. The Labute approximate surface area is 376 Å². The molecule has 0 aliphatic carbocycles. The second-order valence-corrected chi connectivity index (χ2v) is 15.7. The van der Waals surface area contributed by atoms with Gasteiger partial charge in [0.2, 0.25) is 5.91 Å². The molecule has 4 aliphatic heterocycles. The summed E-state index contributed by atoms with van der Waals surface area (Å²) in [4.78, 5) is 122. The molecule has 0 radical (unpaired) electrons. The maximum Gasteiger partial charge on any atom is 0.254 e. The number of ether oxygens (including phenoxy) is 3. The van der Waals surface area contributed by atoms with Gasteiger partial charge in [-0.1, -0.05) is 24.3 Å². The molecule has 6 rings (SSSR count). The van der Waals surface area contributed by atoms with Gasteiger partial charge in [0.1, 0.15) is 36.0 Å². The number of hydrogen-bond donors (Lipinski definition) is 0. The molecule has 2 aromatic rings. The predicted molar refractivity (Wildman–Crippen MR) is 229 cm³/mol. The summed E-state index contributed by atoms with van der Waals surface area (Å²) in [5.41, 5.74) is 2.40. The quantitative estimate of drug-likeness (QED) is 0.133. The van der Waals surface area contributed by atoms with E-state index in [1.54, 1.807) is 20.4 Å². The fourth-order valence-electron chi connectivity index (χ4n) is 7.53. The number of amides is 7.